The first-order valence-corrected chi connectivity index (χ1v) is 6.72. The van der Waals surface area contributed by atoms with Gasteiger partial charge >= 0.3 is 0 Å². The summed E-state index contributed by atoms with van der Waals surface area (Å²) in [6, 6.07) is 5.47. The van der Waals surface area contributed by atoms with E-state index in [4.69, 9.17) is 0 Å². The molecule has 2 aliphatic rings. The Bertz CT molecular complexity index is 579. The van der Waals surface area contributed by atoms with Crippen molar-refractivity contribution in [2.45, 2.75) is 20.8 Å². The lowest BCUT2D eigenvalue weighted by Gasteiger charge is -2.28. The summed E-state index contributed by atoms with van der Waals surface area (Å²) in [6.07, 6.45) is 7.34. The van der Waals surface area contributed by atoms with Crippen LogP contribution >= 0.6 is 0 Å². The summed E-state index contributed by atoms with van der Waals surface area (Å²) in [6.45, 7) is 5.93. The Balaban J connectivity index is 0.000000637. The van der Waals surface area contributed by atoms with Crippen molar-refractivity contribution in [1.29, 1.82) is 0 Å². The maximum absolute atomic E-state index is 12.3. The van der Waals surface area contributed by atoms with Gasteiger partial charge < -0.3 is 0 Å². The van der Waals surface area contributed by atoms with Gasteiger partial charge in [-0.25, -0.2) is 0 Å². The van der Waals surface area contributed by atoms with Crippen LogP contribution in [0.2, 0.25) is 0 Å². The smallest absolute Gasteiger partial charge is 0.171 e. The van der Waals surface area contributed by atoms with E-state index in [9.17, 15) is 9.59 Å². The molecule has 2 atom stereocenters. The maximum atomic E-state index is 12.3. The van der Waals surface area contributed by atoms with E-state index >= 15 is 0 Å². The second-order valence-electron chi connectivity index (χ2n) is 4.60. The fourth-order valence-electron chi connectivity index (χ4n) is 2.54. The summed E-state index contributed by atoms with van der Waals surface area (Å²) >= 11 is 0. The van der Waals surface area contributed by atoms with Gasteiger partial charge in [-0.2, -0.15) is 0 Å². The molecule has 0 bridgehead atoms. The number of allylic oxidation sites excluding steroid dienone is 4. The van der Waals surface area contributed by atoms with Gasteiger partial charge in [0.2, 0.25) is 0 Å². The molecule has 2 heteroatoms. The number of carbonyl (C=O) groups is 2. The van der Waals surface area contributed by atoms with Crippen LogP contribution in [0.5, 0.6) is 0 Å². The minimum atomic E-state index is -0.304. The number of fused-ring (bicyclic) bond motifs is 2. The zero-order valence-corrected chi connectivity index (χ0v) is 11.5. The van der Waals surface area contributed by atoms with Crippen molar-refractivity contribution in [2.75, 3.05) is 0 Å². The first-order chi connectivity index (χ1) is 9.18. The van der Waals surface area contributed by atoms with Gasteiger partial charge in [-0.1, -0.05) is 55.8 Å². The molecule has 0 heterocycles. The van der Waals surface area contributed by atoms with Crippen LogP contribution in [0.25, 0.3) is 0 Å². The third-order valence-corrected chi connectivity index (χ3v) is 3.45. The van der Waals surface area contributed by atoms with E-state index in [0.29, 0.717) is 11.1 Å². The average Bonchev–Trinajstić information content (AvgIpc) is 2.47. The molecule has 2 aliphatic carbocycles. The number of hydrogen-bond donors (Lipinski definition) is 0. The molecular weight excluding hydrogens is 236 g/mol. The van der Waals surface area contributed by atoms with Crippen molar-refractivity contribution in [1.82, 2.24) is 0 Å². The van der Waals surface area contributed by atoms with E-state index in [-0.39, 0.29) is 23.4 Å². The average molecular weight is 254 g/mol. The number of Topliss-reactive ketones (excluding diaryl/α,β-unsaturated/α-hetero) is 2. The summed E-state index contributed by atoms with van der Waals surface area (Å²) in [5.74, 6) is -0.483. The summed E-state index contributed by atoms with van der Waals surface area (Å²) in [4.78, 5) is 24.6. The minimum absolute atomic E-state index is 0.0604. The van der Waals surface area contributed by atoms with Crippen molar-refractivity contribution in [3.05, 3.63) is 59.2 Å². The standard InChI is InChI=1S/C15H12O2.C2H6/c1-9-6-7-12-13(8-9)15(17)11-5-3-2-4-10(11)14(12)16;1-2/h2-8,10-11H,1H3;1-2H3. The number of carbonyl (C=O) groups excluding carboxylic acids is 2. The highest BCUT2D eigenvalue weighted by Gasteiger charge is 2.39. The van der Waals surface area contributed by atoms with Crippen molar-refractivity contribution in [2.24, 2.45) is 11.8 Å². The van der Waals surface area contributed by atoms with E-state index in [1.54, 1.807) is 6.07 Å². The summed E-state index contributed by atoms with van der Waals surface area (Å²) in [5, 5.41) is 0. The lowest BCUT2D eigenvalue weighted by molar-refractivity contribution is 0.0801. The summed E-state index contributed by atoms with van der Waals surface area (Å²) < 4.78 is 0. The monoisotopic (exact) mass is 254 g/mol. The van der Waals surface area contributed by atoms with Gasteiger partial charge in [0, 0.05) is 11.1 Å². The highest BCUT2D eigenvalue weighted by atomic mass is 16.1. The Morgan fingerprint density at radius 1 is 0.842 bits per heavy atom. The summed E-state index contributed by atoms with van der Waals surface area (Å²) in [5.41, 5.74) is 2.16. The van der Waals surface area contributed by atoms with E-state index < -0.39 is 0 Å². The predicted octanol–water partition coefficient (Wildman–Crippen LogP) is 3.76. The molecule has 0 amide bonds. The Labute approximate surface area is 113 Å². The molecule has 3 rings (SSSR count). The van der Waals surface area contributed by atoms with Gasteiger partial charge in [0.1, 0.15) is 0 Å². The van der Waals surface area contributed by atoms with Crippen molar-refractivity contribution >= 4 is 11.6 Å². The molecule has 98 valence electrons. The predicted molar refractivity (Wildman–Crippen MR) is 76.4 cm³/mol. The molecule has 2 nitrogen and oxygen atoms in total. The zero-order chi connectivity index (χ0) is 14.0. The minimum Gasteiger partial charge on any atom is -0.293 e. The number of aryl methyl sites for hydroxylation is 1. The van der Waals surface area contributed by atoms with E-state index in [0.717, 1.165) is 5.56 Å². The molecule has 0 saturated carbocycles. The van der Waals surface area contributed by atoms with Crippen LogP contribution in [0.15, 0.2) is 42.5 Å². The van der Waals surface area contributed by atoms with Gasteiger partial charge in [-0.05, 0) is 13.0 Å². The maximum Gasteiger partial charge on any atom is 0.171 e. The van der Waals surface area contributed by atoms with Crippen molar-refractivity contribution in [3.63, 3.8) is 0 Å². The molecule has 0 spiro atoms. The molecule has 0 N–H and O–H groups in total. The SMILES string of the molecule is CC.Cc1ccc2c(c1)C(=O)C1C=CC=CC1C2=O. The summed E-state index contributed by atoms with van der Waals surface area (Å²) in [7, 11) is 0. The first kappa shape index (κ1) is 13.5. The van der Waals surface area contributed by atoms with Crippen LogP contribution in [0.4, 0.5) is 0 Å². The first-order valence-electron chi connectivity index (χ1n) is 6.72. The second kappa shape index (κ2) is 5.35. The Morgan fingerprint density at radius 3 is 1.95 bits per heavy atom. The third-order valence-electron chi connectivity index (χ3n) is 3.45. The van der Waals surface area contributed by atoms with Crippen LogP contribution < -0.4 is 0 Å². The van der Waals surface area contributed by atoms with Gasteiger partial charge in [-0.3, -0.25) is 9.59 Å². The van der Waals surface area contributed by atoms with Gasteiger partial charge in [0.05, 0.1) is 11.8 Å². The molecule has 1 aromatic carbocycles. The normalized spacial score (nSPS) is 23.3. The van der Waals surface area contributed by atoms with Crippen LogP contribution in [0, 0.1) is 18.8 Å². The quantitative estimate of drug-likeness (QED) is 0.706. The van der Waals surface area contributed by atoms with Crippen LogP contribution in [0.1, 0.15) is 40.1 Å². The van der Waals surface area contributed by atoms with Crippen LogP contribution in [0.3, 0.4) is 0 Å². The molecule has 0 aromatic heterocycles. The number of hydrogen-bond acceptors (Lipinski definition) is 2. The highest BCUT2D eigenvalue weighted by Crippen LogP contribution is 2.34. The van der Waals surface area contributed by atoms with Gasteiger partial charge in [0.15, 0.2) is 11.6 Å². The molecule has 0 radical (unpaired) electrons. The van der Waals surface area contributed by atoms with Crippen molar-refractivity contribution < 1.29 is 9.59 Å². The Hall–Kier alpha value is -1.96. The lowest BCUT2D eigenvalue weighted by atomic mass is 9.72. The fraction of sp³-hybridized carbons (Fsp3) is 0.294. The molecule has 19 heavy (non-hydrogen) atoms. The number of rotatable bonds is 0. The van der Waals surface area contributed by atoms with Gasteiger partial charge in [0.25, 0.3) is 0 Å². The molecule has 1 aromatic rings. The second-order valence-corrected chi connectivity index (χ2v) is 4.60. The van der Waals surface area contributed by atoms with E-state index in [2.05, 4.69) is 0 Å². The molecule has 0 saturated heterocycles. The topological polar surface area (TPSA) is 34.1 Å². The largest absolute Gasteiger partial charge is 0.293 e. The van der Waals surface area contributed by atoms with Crippen LogP contribution in [-0.2, 0) is 0 Å². The molecule has 0 fully saturated rings. The molecular formula is C17H18O2. The van der Waals surface area contributed by atoms with Gasteiger partial charge in [-0.15, -0.1) is 0 Å². The Morgan fingerprint density at radius 2 is 1.37 bits per heavy atom. The zero-order valence-electron chi connectivity index (χ0n) is 11.5. The lowest BCUT2D eigenvalue weighted by Crippen LogP contribution is -2.35. The molecule has 0 aliphatic heterocycles. The van der Waals surface area contributed by atoms with Crippen molar-refractivity contribution in [3.8, 4) is 0 Å². The number of ketones is 2. The van der Waals surface area contributed by atoms with Crippen LogP contribution in [-0.4, -0.2) is 11.6 Å². The van der Waals surface area contributed by atoms with E-state index in [1.165, 1.54) is 0 Å². The van der Waals surface area contributed by atoms with E-state index in [1.807, 2.05) is 57.2 Å². The fourth-order valence-corrected chi connectivity index (χ4v) is 2.54. The highest BCUT2D eigenvalue weighted by molar-refractivity contribution is 6.17. The Kier molecular flexibility index (Phi) is 3.79. The third kappa shape index (κ3) is 2.19. The number of benzene rings is 1. The molecule has 2 unspecified atom stereocenters.